The van der Waals surface area contributed by atoms with E-state index in [9.17, 15) is 14.4 Å². The van der Waals surface area contributed by atoms with Crippen LogP contribution in [0, 0.1) is 0 Å². The number of allylic oxidation sites excluding steroid dienone is 27. The smallest absolute Gasteiger partial charge is 0.310 e. The first-order valence-corrected chi connectivity index (χ1v) is 31.1. The molecule has 0 radical (unpaired) electrons. The fraction of sp³-hybridized carbons (Fsp3) is 0.569. The summed E-state index contributed by atoms with van der Waals surface area (Å²) in [6.45, 7) is 6.29. The van der Waals surface area contributed by atoms with Crippen LogP contribution in [0.5, 0.6) is 0 Å². The zero-order valence-electron chi connectivity index (χ0n) is 49.9. The van der Waals surface area contributed by atoms with Crippen LogP contribution in [-0.4, -0.2) is 37.2 Å². The van der Waals surface area contributed by atoms with Crippen LogP contribution in [0.2, 0.25) is 0 Å². The van der Waals surface area contributed by atoms with Crippen molar-refractivity contribution in [2.45, 2.75) is 252 Å². The van der Waals surface area contributed by atoms with Crippen LogP contribution in [0.25, 0.3) is 0 Å². The summed E-state index contributed by atoms with van der Waals surface area (Å²) in [4.78, 5) is 38.1. The molecular weight excluding hydrogens is 961 g/mol. The lowest BCUT2D eigenvalue weighted by Gasteiger charge is -2.18. The summed E-state index contributed by atoms with van der Waals surface area (Å²) in [6, 6.07) is 0. The molecule has 0 aliphatic carbocycles. The number of rotatable bonds is 54. The highest BCUT2D eigenvalue weighted by molar-refractivity contribution is 5.72. The van der Waals surface area contributed by atoms with E-state index in [0.717, 1.165) is 128 Å². The van der Waals surface area contributed by atoms with Crippen LogP contribution < -0.4 is 0 Å². The average Bonchev–Trinajstić information content (AvgIpc) is 3.44. The summed E-state index contributed by atoms with van der Waals surface area (Å²) in [5, 5.41) is 0. The second kappa shape index (κ2) is 64.3. The Morgan fingerprint density at radius 1 is 0.282 bits per heavy atom. The minimum atomic E-state index is -0.854. The number of unbranched alkanes of at least 4 members (excludes halogenated alkanes) is 16. The molecule has 0 amide bonds. The summed E-state index contributed by atoms with van der Waals surface area (Å²) in [7, 11) is 0. The van der Waals surface area contributed by atoms with Crippen LogP contribution >= 0.6 is 0 Å². The lowest BCUT2D eigenvalue weighted by molar-refractivity contribution is -0.166. The Morgan fingerprint density at radius 2 is 0.538 bits per heavy atom. The Labute approximate surface area is 479 Å². The van der Waals surface area contributed by atoms with Gasteiger partial charge in [-0.1, -0.05) is 281 Å². The average molecular weight is 1070 g/mol. The maximum atomic E-state index is 12.8. The van der Waals surface area contributed by atoms with Gasteiger partial charge >= 0.3 is 17.9 Å². The molecule has 0 aromatic rings. The first-order valence-electron chi connectivity index (χ1n) is 31.1. The summed E-state index contributed by atoms with van der Waals surface area (Å²) in [5.74, 6) is -1.10. The summed E-state index contributed by atoms with van der Waals surface area (Å²) in [5.41, 5.74) is 0. The molecule has 0 rings (SSSR count). The van der Waals surface area contributed by atoms with Gasteiger partial charge in [0.05, 0.1) is 6.42 Å². The van der Waals surface area contributed by atoms with Crippen molar-refractivity contribution in [1.82, 2.24) is 0 Å². The molecule has 1 atom stereocenters. The van der Waals surface area contributed by atoms with Crippen molar-refractivity contribution in [3.63, 3.8) is 0 Å². The third kappa shape index (κ3) is 61.6. The molecule has 78 heavy (non-hydrogen) atoms. The minimum absolute atomic E-state index is 0.0827. The number of esters is 3. The van der Waals surface area contributed by atoms with Crippen molar-refractivity contribution >= 4 is 17.9 Å². The van der Waals surface area contributed by atoms with Gasteiger partial charge < -0.3 is 14.2 Å². The van der Waals surface area contributed by atoms with E-state index in [-0.39, 0.29) is 31.6 Å². The molecule has 0 fully saturated rings. The Morgan fingerprint density at radius 3 is 0.846 bits per heavy atom. The first kappa shape index (κ1) is 72.8. The molecule has 436 valence electrons. The van der Waals surface area contributed by atoms with Crippen LogP contribution in [0.15, 0.2) is 170 Å². The third-order valence-electron chi connectivity index (χ3n) is 12.5. The van der Waals surface area contributed by atoms with Gasteiger partial charge in [0.2, 0.25) is 0 Å². The highest BCUT2D eigenvalue weighted by Crippen LogP contribution is 2.14. The van der Waals surface area contributed by atoms with Crippen molar-refractivity contribution in [2.24, 2.45) is 0 Å². The van der Waals surface area contributed by atoms with E-state index >= 15 is 0 Å². The molecule has 0 aromatic carbocycles. The molecular formula is C72H112O6. The largest absolute Gasteiger partial charge is 0.462 e. The third-order valence-corrected chi connectivity index (χ3v) is 12.5. The number of hydrogen-bond acceptors (Lipinski definition) is 6. The molecule has 0 aliphatic rings. The van der Waals surface area contributed by atoms with Gasteiger partial charge in [-0.15, -0.1) is 0 Å². The predicted molar refractivity (Wildman–Crippen MR) is 338 cm³/mol. The fourth-order valence-electron chi connectivity index (χ4n) is 7.92. The summed E-state index contributed by atoms with van der Waals surface area (Å²) >= 11 is 0. The summed E-state index contributed by atoms with van der Waals surface area (Å²) in [6.07, 6.45) is 95.3. The number of hydrogen-bond donors (Lipinski definition) is 0. The molecule has 0 spiro atoms. The maximum absolute atomic E-state index is 12.8. The number of ether oxygens (including phenoxy) is 3. The number of carbonyl (C=O) groups excluding carboxylic acids is 3. The van der Waals surface area contributed by atoms with Gasteiger partial charge in [-0.3, -0.25) is 14.4 Å². The standard InChI is InChI=1S/C72H112O6/c1-4-7-10-13-16-19-22-25-28-29-30-31-32-33-34-35-36-37-38-39-40-41-42-43-45-47-50-53-56-59-62-65-71(74)77-68-69(67-76-70(73)64-61-58-55-52-49-46-27-24-21-18-15-12-9-6-3)78-72(75)66-63-60-57-54-51-48-44-26-23-20-17-14-11-8-5-2/h7-8,10-11,16-17,19-20,25-26,28,30-31,33-34,36-37,39-40,42-44,47,50-51,54,60,63,69H,4-6,9,12-15,18,21-24,27,29,32,35,38,41,45-46,48-49,52-53,55-59,61-62,64-68H2,1-3H3/b10-7-,11-8-,19-16-,20-17-,28-25-,31-30-,34-33-,37-36-,40-39-,43-42-,44-26-,50-47-,54-51-,63-60-. The maximum Gasteiger partial charge on any atom is 0.310 e. The zero-order valence-corrected chi connectivity index (χ0v) is 49.9. The van der Waals surface area contributed by atoms with E-state index in [1.54, 1.807) is 6.08 Å². The van der Waals surface area contributed by atoms with E-state index in [2.05, 4.69) is 179 Å². The van der Waals surface area contributed by atoms with Gasteiger partial charge in [0.1, 0.15) is 13.2 Å². The van der Waals surface area contributed by atoms with E-state index in [1.165, 1.54) is 70.6 Å². The minimum Gasteiger partial charge on any atom is -0.462 e. The monoisotopic (exact) mass is 1070 g/mol. The quantitative estimate of drug-likeness (QED) is 0.0261. The second-order valence-electron chi connectivity index (χ2n) is 19.9. The zero-order chi connectivity index (χ0) is 56.4. The van der Waals surface area contributed by atoms with Crippen molar-refractivity contribution in [3.8, 4) is 0 Å². The van der Waals surface area contributed by atoms with Gasteiger partial charge in [-0.05, 0) is 116 Å². The lowest BCUT2D eigenvalue weighted by atomic mass is 10.0. The molecule has 0 aliphatic heterocycles. The molecule has 0 heterocycles. The molecule has 1 unspecified atom stereocenters. The van der Waals surface area contributed by atoms with Gasteiger partial charge in [-0.25, -0.2) is 0 Å². The Bertz CT molecular complexity index is 1810. The molecule has 0 aromatic heterocycles. The molecule has 0 N–H and O–H groups in total. The fourth-order valence-corrected chi connectivity index (χ4v) is 7.92. The van der Waals surface area contributed by atoms with E-state index in [4.69, 9.17) is 14.2 Å². The number of carbonyl (C=O) groups is 3. The van der Waals surface area contributed by atoms with Crippen molar-refractivity contribution in [3.05, 3.63) is 170 Å². The first-order chi connectivity index (χ1) is 38.5. The lowest BCUT2D eigenvalue weighted by Crippen LogP contribution is -2.30. The Kier molecular flexibility index (Phi) is 60.0. The van der Waals surface area contributed by atoms with Crippen LogP contribution in [0.3, 0.4) is 0 Å². The highest BCUT2D eigenvalue weighted by Gasteiger charge is 2.19. The molecule has 6 heteroatoms. The van der Waals surface area contributed by atoms with Gasteiger partial charge in [0.15, 0.2) is 6.10 Å². The topological polar surface area (TPSA) is 78.9 Å². The molecule has 0 saturated carbocycles. The Hall–Kier alpha value is -5.23. The Balaban J connectivity index is 4.47. The van der Waals surface area contributed by atoms with Crippen LogP contribution in [0.1, 0.15) is 245 Å². The van der Waals surface area contributed by atoms with E-state index in [1.807, 2.05) is 6.08 Å². The highest BCUT2D eigenvalue weighted by atomic mass is 16.6. The summed E-state index contributed by atoms with van der Waals surface area (Å²) < 4.78 is 16.7. The molecule has 0 saturated heterocycles. The van der Waals surface area contributed by atoms with E-state index < -0.39 is 12.1 Å². The van der Waals surface area contributed by atoms with Gasteiger partial charge in [-0.2, -0.15) is 0 Å². The van der Waals surface area contributed by atoms with Crippen molar-refractivity contribution < 1.29 is 28.6 Å². The second-order valence-corrected chi connectivity index (χ2v) is 19.9. The van der Waals surface area contributed by atoms with Crippen molar-refractivity contribution in [1.29, 1.82) is 0 Å². The van der Waals surface area contributed by atoms with Crippen LogP contribution in [0.4, 0.5) is 0 Å². The van der Waals surface area contributed by atoms with Crippen LogP contribution in [-0.2, 0) is 28.6 Å². The predicted octanol–water partition coefficient (Wildman–Crippen LogP) is 21.5. The van der Waals surface area contributed by atoms with E-state index in [0.29, 0.717) is 19.3 Å². The van der Waals surface area contributed by atoms with Gasteiger partial charge in [0, 0.05) is 12.8 Å². The SMILES string of the molecule is CC/C=C\C/C=C\C/C=C\C/C=C\C/C=C\C/C=C\C/C=C\C/C=C\C/C=C\CCCCCC(=O)OCC(COC(=O)CCCCCCCCCCCCCCCC)OC(=O)C/C=C\C/C=C\C/C=C\C/C=C\C/C=C\CC. The normalized spacial score (nSPS) is 13.3. The van der Waals surface area contributed by atoms with Crippen molar-refractivity contribution in [2.75, 3.05) is 13.2 Å². The molecule has 0 bridgehead atoms. The molecule has 6 nitrogen and oxygen atoms in total. The van der Waals surface area contributed by atoms with Gasteiger partial charge in [0.25, 0.3) is 0 Å².